The number of benzene rings is 1. The molecule has 0 spiro atoms. The molecule has 1 aliphatic heterocycles. The summed E-state index contributed by atoms with van der Waals surface area (Å²) in [6.45, 7) is 10.6. The Morgan fingerprint density at radius 1 is 1.28 bits per heavy atom. The van der Waals surface area contributed by atoms with Crippen LogP contribution in [0, 0.1) is 13.8 Å². The van der Waals surface area contributed by atoms with E-state index < -0.39 is 0 Å². The van der Waals surface area contributed by atoms with Gasteiger partial charge in [0, 0.05) is 29.8 Å². The van der Waals surface area contributed by atoms with Gasteiger partial charge in [-0.2, -0.15) is 0 Å². The zero-order valence-corrected chi connectivity index (χ0v) is 12.4. The van der Waals surface area contributed by atoms with Crippen LogP contribution in [0.1, 0.15) is 18.1 Å². The maximum Gasteiger partial charge on any atom is 0.0594 e. The molecule has 0 radical (unpaired) electrons. The molecule has 0 amide bonds. The molecule has 0 bridgehead atoms. The highest BCUT2D eigenvalue weighted by molar-refractivity contribution is 7.99. The smallest absolute Gasteiger partial charge is 0.0594 e. The van der Waals surface area contributed by atoms with Gasteiger partial charge in [0.25, 0.3) is 0 Å². The highest BCUT2D eigenvalue weighted by Gasteiger charge is 2.17. The van der Waals surface area contributed by atoms with Gasteiger partial charge in [0.2, 0.25) is 0 Å². The van der Waals surface area contributed by atoms with Crippen molar-refractivity contribution in [3.05, 3.63) is 29.3 Å². The van der Waals surface area contributed by atoms with E-state index in [0.717, 1.165) is 32.1 Å². The summed E-state index contributed by atoms with van der Waals surface area (Å²) in [5, 5.41) is 0. The predicted octanol–water partition coefficient (Wildman–Crippen LogP) is 3.12. The summed E-state index contributed by atoms with van der Waals surface area (Å²) in [5.41, 5.74) is 2.74. The van der Waals surface area contributed by atoms with Crippen LogP contribution in [0.15, 0.2) is 23.1 Å². The number of nitrogens with zero attached hydrogens (tertiary/aromatic N) is 1. The van der Waals surface area contributed by atoms with E-state index in [1.807, 2.05) is 11.8 Å². The molecule has 1 aliphatic rings. The van der Waals surface area contributed by atoms with Gasteiger partial charge in [0.15, 0.2) is 0 Å². The summed E-state index contributed by atoms with van der Waals surface area (Å²) in [6, 6.07) is 7.34. The molecule has 100 valence electrons. The second-order valence-corrected chi connectivity index (χ2v) is 6.14. The van der Waals surface area contributed by atoms with E-state index >= 15 is 0 Å². The number of ether oxygens (including phenoxy) is 1. The van der Waals surface area contributed by atoms with Crippen molar-refractivity contribution in [2.75, 3.05) is 32.1 Å². The number of hydrogen-bond donors (Lipinski definition) is 0. The Hall–Kier alpha value is -0.510. The van der Waals surface area contributed by atoms with Gasteiger partial charge >= 0.3 is 0 Å². The van der Waals surface area contributed by atoms with Crippen molar-refractivity contribution in [2.24, 2.45) is 0 Å². The third kappa shape index (κ3) is 3.74. The molecular weight excluding hydrogens is 242 g/mol. The lowest BCUT2D eigenvalue weighted by Gasteiger charge is -2.32. The minimum atomic E-state index is 0.625. The highest BCUT2D eigenvalue weighted by Crippen LogP contribution is 2.25. The summed E-state index contributed by atoms with van der Waals surface area (Å²) < 4.78 is 5.40. The lowest BCUT2D eigenvalue weighted by atomic mass is 10.2. The van der Waals surface area contributed by atoms with E-state index in [1.54, 1.807) is 0 Å². The van der Waals surface area contributed by atoms with Crippen LogP contribution in [-0.4, -0.2) is 43.0 Å². The van der Waals surface area contributed by atoms with Crippen molar-refractivity contribution >= 4 is 11.8 Å². The lowest BCUT2D eigenvalue weighted by Crippen LogP contribution is -2.43. The normalized spacial score (nSPS) is 18.8. The first-order valence-corrected chi connectivity index (χ1v) is 7.67. The molecule has 18 heavy (non-hydrogen) atoms. The molecule has 1 saturated heterocycles. The van der Waals surface area contributed by atoms with E-state index in [9.17, 15) is 0 Å². The molecule has 0 N–H and O–H groups in total. The molecule has 1 aromatic carbocycles. The van der Waals surface area contributed by atoms with E-state index in [0.29, 0.717) is 6.04 Å². The van der Waals surface area contributed by atoms with E-state index in [4.69, 9.17) is 4.74 Å². The van der Waals surface area contributed by atoms with Crippen molar-refractivity contribution in [2.45, 2.75) is 31.7 Å². The van der Waals surface area contributed by atoms with Gasteiger partial charge < -0.3 is 4.74 Å². The molecule has 2 rings (SSSR count). The van der Waals surface area contributed by atoms with Crippen molar-refractivity contribution in [3.8, 4) is 0 Å². The molecule has 3 heteroatoms. The van der Waals surface area contributed by atoms with E-state index in [-0.39, 0.29) is 0 Å². The number of thioether (sulfide) groups is 1. The molecule has 0 saturated carbocycles. The maximum absolute atomic E-state index is 5.40. The van der Waals surface area contributed by atoms with Crippen LogP contribution < -0.4 is 0 Å². The van der Waals surface area contributed by atoms with Crippen molar-refractivity contribution in [3.63, 3.8) is 0 Å². The third-order valence-electron chi connectivity index (χ3n) is 3.48. The van der Waals surface area contributed by atoms with Crippen molar-refractivity contribution < 1.29 is 4.74 Å². The Balaban J connectivity index is 1.86. The average molecular weight is 265 g/mol. The van der Waals surface area contributed by atoms with E-state index in [1.165, 1.54) is 16.0 Å². The van der Waals surface area contributed by atoms with Crippen molar-refractivity contribution in [1.29, 1.82) is 0 Å². The molecule has 0 aromatic heterocycles. The third-order valence-corrected chi connectivity index (χ3v) is 4.90. The quantitative estimate of drug-likeness (QED) is 0.776. The monoisotopic (exact) mass is 265 g/mol. The minimum Gasteiger partial charge on any atom is -0.379 e. The molecule has 0 aliphatic carbocycles. The minimum absolute atomic E-state index is 0.625. The van der Waals surface area contributed by atoms with Gasteiger partial charge in [-0.15, -0.1) is 11.8 Å². The number of morpholine rings is 1. The maximum atomic E-state index is 5.40. The zero-order valence-electron chi connectivity index (χ0n) is 11.6. The van der Waals surface area contributed by atoms with Gasteiger partial charge in [-0.05, 0) is 32.4 Å². The van der Waals surface area contributed by atoms with E-state index in [2.05, 4.69) is 43.9 Å². The van der Waals surface area contributed by atoms with Gasteiger partial charge in [0.05, 0.1) is 13.2 Å². The van der Waals surface area contributed by atoms with Crippen LogP contribution >= 0.6 is 11.8 Å². The van der Waals surface area contributed by atoms with Crippen molar-refractivity contribution in [1.82, 2.24) is 4.90 Å². The topological polar surface area (TPSA) is 12.5 Å². The first-order valence-electron chi connectivity index (χ1n) is 6.68. The van der Waals surface area contributed by atoms with Crippen LogP contribution in [-0.2, 0) is 4.74 Å². The summed E-state index contributed by atoms with van der Waals surface area (Å²) in [7, 11) is 0. The van der Waals surface area contributed by atoms with Gasteiger partial charge in [-0.25, -0.2) is 0 Å². The largest absolute Gasteiger partial charge is 0.379 e. The SMILES string of the molecule is Cc1ccc(SCC(C)N2CCOCC2)c(C)c1. The average Bonchev–Trinajstić information content (AvgIpc) is 2.38. The summed E-state index contributed by atoms with van der Waals surface area (Å²) >= 11 is 1.98. The second kappa shape index (κ2) is 6.60. The molecular formula is C15H23NOS. The molecule has 1 aromatic rings. The Morgan fingerprint density at radius 2 is 2.00 bits per heavy atom. The lowest BCUT2D eigenvalue weighted by molar-refractivity contribution is 0.0246. The summed E-state index contributed by atoms with van der Waals surface area (Å²) in [5.74, 6) is 1.16. The van der Waals surface area contributed by atoms with Crippen LogP contribution in [0.4, 0.5) is 0 Å². The Labute approximate surface area is 115 Å². The number of aryl methyl sites for hydroxylation is 2. The van der Waals surface area contributed by atoms with Crippen LogP contribution in [0.3, 0.4) is 0 Å². The fraction of sp³-hybridized carbons (Fsp3) is 0.600. The number of hydrogen-bond acceptors (Lipinski definition) is 3. The van der Waals surface area contributed by atoms with Gasteiger partial charge in [-0.3, -0.25) is 4.90 Å². The second-order valence-electron chi connectivity index (χ2n) is 5.08. The molecule has 1 unspecified atom stereocenters. The first-order chi connectivity index (χ1) is 8.66. The Morgan fingerprint density at radius 3 is 2.67 bits per heavy atom. The summed E-state index contributed by atoms with van der Waals surface area (Å²) in [4.78, 5) is 3.95. The van der Waals surface area contributed by atoms with Crippen LogP contribution in [0.25, 0.3) is 0 Å². The van der Waals surface area contributed by atoms with Crippen LogP contribution in [0.2, 0.25) is 0 Å². The van der Waals surface area contributed by atoms with Gasteiger partial charge in [-0.1, -0.05) is 17.7 Å². The molecule has 1 atom stereocenters. The molecule has 2 nitrogen and oxygen atoms in total. The van der Waals surface area contributed by atoms with Gasteiger partial charge in [0.1, 0.15) is 0 Å². The zero-order chi connectivity index (χ0) is 13.0. The Kier molecular flexibility index (Phi) is 5.10. The molecule has 1 heterocycles. The molecule has 1 fully saturated rings. The number of rotatable bonds is 4. The highest BCUT2D eigenvalue weighted by atomic mass is 32.2. The predicted molar refractivity (Wildman–Crippen MR) is 78.5 cm³/mol. The summed E-state index contributed by atoms with van der Waals surface area (Å²) in [6.07, 6.45) is 0. The van der Waals surface area contributed by atoms with Crippen LogP contribution in [0.5, 0.6) is 0 Å². The fourth-order valence-corrected chi connectivity index (χ4v) is 3.38. The standard InChI is InChI=1S/C15H23NOS/c1-12-4-5-15(13(2)10-12)18-11-14(3)16-6-8-17-9-7-16/h4-5,10,14H,6-9,11H2,1-3H3. The fourth-order valence-electron chi connectivity index (χ4n) is 2.30. The Bertz CT molecular complexity index is 388. The first kappa shape index (κ1) is 13.9.